The van der Waals surface area contributed by atoms with Crippen molar-refractivity contribution in [2.45, 2.75) is 39.2 Å². The number of carbonyl (C=O) groups is 2. The minimum atomic E-state index is -0.0794. The first-order valence-corrected chi connectivity index (χ1v) is 11.4. The topological polar surface area (TPSA) is 55.9 Å². The van der Waals surface area contributed by atoms with Crippen molar-refractivity contribution in [1.29, 1.82) is 0 Å². The molecule has 1 fully saturated rings. The van der Waals surface area contributed by atoms with Crippen LogP contribution in [-0.4, -0.2) is 57.0 Å². The van der Waals surface area contributed by atoms with E-state index < -0.39 is 0 Å². The molecule has 2 aromatic carbocycles. The van der Waals surface area contributed by atoms with Gasteiger partial charge in [-0.2, -0.15) is 0 Å². The van der Waals surface area contributed by atoms with Gasteiger partial charge in [-0.25, -0.2) is 0 Å². The van der Waals surface area contributed by atoms with E-state index in [1.807, 2.05) is 12.1 Å². The maximum Gasteiger partial charge on any atom is 0.258 e. The number of rotatable bonds is 8. The first-order chi connectivity index (χ1) is 15.2. The van der Waals surface area contributed by atoms with E-state index in [0.717, 1.165) is 25.2 Å². The predicted octanol–water partition coefficient (Wildman–Crippen LogP) is 4.48. The Kier molecular flexibility index (Phi) is 7.91. The van der Waals surface area contributed by atoms with Gasteiger partial charge in [0.1, 0.15) is 0 Å². The van der Waals surface area contributed by atoms with Crippen molar-refractivity contribution in [3.05, 3.63) is 54.1 Å². The molecule has 1 aliphatic heterocycles. The second-order valence-electron chi connectivity index (χ2n) is 9.29. The molecule has 1 atom stereocenters. The average molecular weight is 437 g/mol. The summed E-state index contributed by atoms with van der Waals surface area (Å²) in [5, 5.41) is 2.90. The molecule has 6 nitrogen and oxygen atoms in total. The van der Waals surface area contributed by atoms with Crippen LogP contribution in [-0.2, 0) is 4.79 Å². The van der Waals surface area contributed by atoms with Gasteiger partial charge >= 0.3 is 0 Å². The lowest BCUT2D eigenvalue weighted by Gasteiger charge is -2.23. The van der Waals surface area contributed by atoms with Gasteiger partial charge < -0.3 is 20.0 Å². The molecule has 6 heteroatoms. The Bertz CT molecular complexity index is 906. The number of carbonyl (C=O) groups excluding carboxylic acids is 2. The van der Waals surface area contributed by atoms with E-state index in [1.54, 1.807) is 36.2 Å². The lowest BCUT2D eigenvalue weighted by molar-refractivity contribution is -0.116. The van der Waals surface area contributed by atoms with Crippen molar-refractivity contribution >= 4 is 28.9 Å². The third kappa shape index (κ3) is 6.10. The van der Waals surface area contributed by atoms with Gasteiger partial charge in [0.2, 0.25) is 5.91 Å². The van der Waals surface area contributed by atoms with Crippen LogP contribution in [0, 0.1) is 5.92 Å². The van der Waals surface area contributed by atoms with E-state index in [9.17, 15) is 9.59 Å². The van der Waals surface area contributed by atoms with Gasteiger partial charge in [-0.15, -0.1) is 0 Å². The Balaban J connectivity index is 1.58. The molecule has 0 bridgehead atoms. The molecular formula is C26H36N4O2. The number of anilines is 3. The highest BCUT2D eigenvalue weighted by Gasteiger charge is 2.24. The van der Waals surface area contributed by atoms with E-state index >= 15 is 0 Å². The molecule has 1 N–H and O–H groups in total. The molecule has 3 rings (SSSR count). The van der Waals surface area contributed by atoms with Gasteiger partial charge in [0.25, 0.3) is 5.91 Å². The van der Waals surface area contributed by atoms with Crippen LogP contribution < -0.4 is 15.1 Å². The van der Waals surface area contributed by atoms with E-state index in [4.69, 9.17) is 0 Å². The minimum absolute atomic E-state index is 0.00453. The summed E-state index contributed by atoms with van der Waals surface area (Å²) >= 11 is 0. The molecule has 172 valence electrons. The molecule has 0 saturated carbocycles. The highest BCUT2D eigenvalue weighted by molar-refractivity contribution is 6.06. The molecule has 0 spiro atoms. The zero-order valence-electron chi connectivity index (χ0n) is 20.0. The summed E-state index contributed by atoms with van der Waals surface area (Å²) in [5.74, 6) is 0.421. The van der Waals surface area contributed by atoms with Crippen molar-refractivity contribution in [3.63, 3.8) is 0 Å². The van der Waals surface area contributed by atoms with Gasteiger partial charge in [0.15, 0.2) is 0 Å². The van der Waals surface area contributed by atoms with Gasteiger partial charge in [-0.3, -0.25) is 9.59 Å². The van der Waals surface area contributed by atoms with Gasteiger partial charge in [0, 0.05) is 55.2 Å². The molecule has 1 heterocycles. The van der Waals surface area contributed by atoms with Crippen LogP contribution in [0.2, 0.25) is 0 Å². The standard InChI is InChI=1S/C26H36N4O2/c1-19(2)6-15-25(31)27-21-9-7-20(8-10-21)26(32)29(5)22-11-13-23(14-12-22)30-17-16-24(18-30)28(3)4/h7-14,19,24H,6,15-18H2,1-5H3,(H,27,31). The van der Waals surface area contributed by atoms with Crippen LogP contribution in [0.4, 0.5) is 17.1 Å². The van der Waals surface area contributed by atoms with E-state index in [0.29, 0.717) is 29.6 Å². The molecule has 1 unspecified atom stereocenters. The quantitative estimate of drug-likeness (QED) is 0.663. The fourth-order valence-corrected chi connectivity index (χ4v) is 3.94. The van der Waals surface area contributed by atoms with Crippen molar-refractivity contribution < 1.29 is 9.59 Å². The van der Waals surface area contributed by atoms with Gasteiger partial charge in [-0.1, -0.05) is 13.8 Å². The zero-order valence-corrected chi connectivity index (χ0v) is 20.0. The monoisotopic (exact) mass is 436 g/mol. The van der Waals surface area contributed by atoms with Crippen molar-refractivity contribution in [1.82, 2.24) is 4.90 Å². The highest BCUT2D eigenvalue weighted by Crippen LogP contribution is 2.25. The van der Waals surface area contributed by atoms with Crippen LogP contribution in [0.15, 0.2) is 48.5 Å². The Labute approximate surface area is 192 Å². The number of nitrogens with one attached hydrogen (secondary N) is 1. The Morgan fingerprint density at radius 3 is 2.25 bits per heavy atom. The number of amides is 2. The minimum Gasteiger partial charge on any atom is -0.370 e. The predicted molar refractivity (Wildman–Crippen MR) is 133 cm³/mol. The van der Waals surface area contributed by atoms with Crippen LogP contribution in [0.5, 0.6) is 0 Å². The first kappa shape index (κ1) is 23.8. The lowest BCUT2D eigenvalue weighted by Crippen LogP contribution is -2.31. The molecule has 0 radical (unpaired) electrons. The molecule has 0 aromatic heterocycles. The van der Waals surface area contributed by atoms with Crippen molar-refractivity contribution in [3.8, 4) is 0 Å². The maximum atomic E-state index is 12.9. The Hall–Kier alpha value is -2.86. The fraction of sp³-hybridized carbons (Fsp3) is 0.462. The summed E-state index contributed by atoms with van der Waals surface area (Å²) in [4.78, 5) is 31.3. The molecular weight excluding hydrogens is 400 g/mol. The van der Waals surface area contributed by atoms with Crippen LogP contribution in [0.3, 0.4) is 0 Å². The molecule has 1 aliphatic rings. The summed E-state index contributed by atoms with van der Waals surface area (Å²) in [5.41, 5.74) is 3.35. The van der Waals surface area contributed by atoms with Gasteiger partial charge in [0.05, 0.1) is 0 Å². The fourth-order valence-electron chi connectivity index (χ4n) is 3.94. The number of hydrogen-bond acceptors (Lipinski definition) is 4. The molecule has 2 aromatic rings. The largest absolute Gasteiger partial charge is 0.370 e. The summed E-state index contributed by atoms with van der Waals surface area (Å²) < 4.78 is 0. The normalized spacial score (nSPS) is 16.0. The van der Waals surface area contributed by atoms with Crippen LogP contribution >= 0.6 is 0 Å². The number of nitrogens with zero attached hydrogens (tertiary/aromatic N) is 3. The number of likely N-dealkylation sites (N-methyl/N-ethyl adjacent to an activating group) is 1. The molecule has 32 heavy (non-hydrogen) atoms. The molecule has 0 aliphatic carbocycles. The third-order valence-corrected chi connectivity index (χ3v) is 6.16. The Morgan fingerprint density at radius 2 is 1.69 bits per heavy atom. The van der Waals surface area contributed by atoms with Gasteiger partial charge in [-0.05, 0) is 81.4 Å². The smallest absolute Gasteiger partial charge is 0.258 e. The van der Waals surface area contributed by atoms with E-state index in [1.165, 1.54) is 12.1 Å². The summed E-state index contributed by atoms with van der Waals surface area (Å²) in [7, 11) is 6.05. The average Bonchev–Trinajstić information content (AvgIpc) is 3.28. The number of benzene rings is 2. The second-order valence-corrected chi connectivity index (χ2v) is 9.29. The zero-order chi connectivity index (χ0) is 23.3. The third-order valence-electron chi connectivity index (χ3n) is 6.16. The van der Waals surface area contributed by atoms with E-state index in [-0.39, 0.29) is 11.8 Å². The summed E-state index contributed by atoms with van der Waals surface area (Å²) in [6, 6.07) is 15.9. The first-order valence-electron chi connectivity index (χ1n) is 11.4. The van der Waals surface area contributed by atoms with Crippen LogP contribution in [0.25, 0.3) is 0 Å². The highest BCUT2D eigenvalue weighted by atomic mass is 16.2. The maximum absolute atomic E-state index is 12.9. The Morgan fingerprint density at radius 1 is 1.03 bits per heavy atom. The number of hydrogen-bond donors (Lipinski definition) is 1. The SMILES string of the molecule is CC(C)CCC(=O)Nc1ccc(C(=O)N(C)c2ccc(N3CCC(N(C)C)C3)cc2)cc1. The summed E-state index contributed by atoms with van der Waals surface area (Å²) in [6.07, 6.45) is 2.53. The second kappa shape index (κ2) is 10.6. The molecule has 2 amide bonds. The summed E-state index contributed by atoms with van der Waals surface area (Å²) in [6.45, 7) is 6.29. The van der Waals surface area contributed by atoms with Crippen molar-refractivity contribution in [2.24, 2.45) is 5.92 Å². The van der Waals surface area contributed by atoms with Crippen LogP contribution in [0.1, 0.15) is 43.5 Å². The lowest BCUT2D eigenvalue weighted by atomic mass is 10.1. The van der Waals surface area contributed by atoms with E-state index in [2.05, 4.69) is 55.2 Å². The molecule has 1 saturated heterocycles. The van der Waals surface area contributed by atoms with Crippen molar-refractivity contribution in [2.75, 3.05) is 49.3 Å².